The summed E-state index contributed by atoms with van der Waals surface area (Å²) in [5, 5.41) is 9.24. The molecule has 146 valence electrons. The fourth-order valence-corrected chi connectivity index (χ4v) is 3.11. The Hall–Kier alpha value is 0.210. The molecule has 0 radical (unpaired) electrons. The zero-order valence-corrected chi connectivity index (χ0v) is 17.0. The second kappa shape index (κ2) is 21.3. The summed E-state index contributed by atoms with van der Waals surface area (Å²) in [5.41, 5.74) is 0. The molecule has 0 fully saturated rings. The van der Waals surface area contributed by atoms with Crippen molar-refractivity contribution in [1.82, 2.24) is 0 Å². The molecule has 0 aromatic heterocycles. The van der Waals surface area contributed by atoms with Gasteiger partial charge >= 0.3 is 0 Å². The van der Waals surface area contributed by atoms with Gasteiger partial charge in [-0.05, 0) is 6.42 Å². The van der Waals surface area contributed by atoms with Crippen molar-refractivity contribution in [3.8, 4) is 0 Å². The van der Waals surface area contributed by atoms with Crippen LogP contribution in [0.4, 0.5) is 0 Å². The van der Waals surface area contributed by atoms with E-state index < -0.39 is 6.10 Å². The van der Waals surface area contributed by atoms with Crippen molar-refractivity contribution in [3.63, 3.8) is 0 Å². The van der Waals surface area contributed by atoms with Crippen molar-refractivity contribution in [2.45, 2.75) is 116 Å². The minimum absolute atomic E-state index is 0.263. The van der Waals surface area contributed by atoms with E-state index in [0.29, 0.717) is 6.61 Å². The molecule has 1 unspecified atom stereocenters. The largest absolute Gasteiger partial charge is 0.389 e. The average molecular weight is 363 g/mol. The normalized spacial score (nSPS) is 12.6. The number of ether oxygens (including phenoxy) is 1. The van der Waals surface area contributed by atoms with Crippen molar-refractivity contribution < 1.29 is 9.84 Å². The number of unbranched alkanes of at least 4 members (excludes halogenated alkanes) is 15. The third-order valence-corrected chi connectivity index (χ3v) is 4.99. The van der Waals surface area contributed by atoms with Crippen LogP contribution >= 0.6 is 11.6 Å². The highest BCUT2D eigenvalue weighted by Crippen LogP contribution is 2.13. The zero-order valence-electron chi connectivity index (χ0n) is 16.2. The minimum atomic E-state index is -0.507. The van der Waals surface area contributed by atoms with Gasteiger partial charge in [-0.1, -0.05) is 103 Å². The monoisotopic (exact) mass is 362 g/mol. The van der Waals surface area contributed by atoms with Gasteiger partial charge in [0.2, 0.25) is 0 Å². The molecule has 0 bridgehead atoms. The van der Waals surface area contributed by atoms with Crippen LogP contribution in [0.15, 0.2) is 0 Å². The Morgan fingerprint density at radius 1 is 0.667 bits per heavy atom. The van der Waals surface area contributed by atoms with Gasteiger partial charge in [0.05, 0.1) is 18.6 Å². The maximum Gasteiger partial charge on any atom is 0.0908 e. The molecule has 3 heteroatoms. The van der Waals surface area contributed by atoms with Crippen LogP contribution in [0.3, 0.4) is 0 Å². The van der Waals surface area contributed by atoms with E-state index in [-0.39, 0.29) is 5.88 Å². The highest BCUT2D eigenvalue weighted by molar-refractivity contribution is 6.18. The van der Waals surface area contributed by atoms with Gasteiger partial charge in [0.25, 0.3) is 0 Å². The van der Waals surface area contributed by atoms with Gasteiger partial charge in [-0.25, -0.2) is 0 Å². The van der Waals surface area contributed by atoms with E-state index in [1.807, 2.05) is 0 Å². The van der Waals surface area contributed by atoms with E-state index in [1.165, 1.54) is 96.3 Å². The first kappa shape index (κ1) is 24.2. The first-order valence-corrected chi connectivity index (χ1v) is 11.2. The Bertz CT molecular complexity index is 224. The van der Waals surface area contributed by atoms with Crippen molar-refractivity contribution in [2.75, 3.05) is 19.1 Å². The van der Waals surface area contributed by atoms with Crippen molar-refractivity contribution in [2.24, 2.45) is 0 Å². The number of halogens is 1. The van der Waals surface area contributed by atoms with Gasteiger partial charge < -0.3 is 9.84 Å². The zero-order chi connectivity index (χ0) is 17.7. The summed E-state index contributed by atoms with van der Waals surface area (Å²) < 4.78 is 5.37. The highest BCUT2D eigenvalue weighted by Gasteiger charge is 2.00. The fourth-order valence-electron chi connectivity index (χ4n) is 3.02. The molecule has 0 aromatic carbocycles. The maximum atomic E-state index is 9.24. The SMILES string of the molecule is CCCCCCCCCCCCCCCCCCOCC(O)CCl. The van der Waals surface area contributed by atoms with Crippen LogP contribution in [-0.4, -0.2) is 30.3 Å². The minimum Gasteiger partial charge on any atom is -0.389 e. The molecular formula is C21H43ClO2. The van der Waals surface area contributed by atoms with Crippen LogP contribution in [-0.2, 0) is 4.74 Å². The third-order valence-electron chi connectivity index (χ3n) is 4.63. The average Bonchev–Trinajstić information content (AvgIpc) is 2.60. The lowest BCUT2D eigenvalue weighted by Gasteiger charge is -2.07. The Balaban J connectivity index is 2.98. The molecule has 0 amide bonds. The Kier molecular flexibility index (Phi) is 21.4. The standard InChI is InChI=1S/C21H43ClO2/c1-2-3-4-5-6-7-8-9-10-11-12-13-14-15-16-17-18-24-20-21(23)19-22/h21,23H,2-20H2,1H3. The van der Waals surface area contributed by atoms with Crippen LogP contribution in [0.2, 0.25) is 0 Å². The van der Waals surface area contributed by atoms with Crippen LogP contribution in [0.5, 0.6) is 0 Å². The molecule has 0 saturated carbocycles. The van der Waals surface area contributed by atoms with E-state index in [9.17, 15) is 5.11 Å². The van der Waals surface area contributed by atoms with Gasteiger partial charge in [-0.2, -0.15) is 0 Å². The lowest BCUT2D eigenvalue weighted by molar-refractivity contribution is 0.0461. The van der Waals surface area contributed by atoms with Gasteiger partial charge in [-0.15, -0.1) is 11.6 Å². The first-order chi connectivity index (χ1) is 11.8. The third kappa shape index (κ3) is 20.3. The Morgan fingerprint density at radius 3 is 1.42 bits per heavy atom. The number of aliphatic hydroxyl groups is 1. The lowest BCUT2D eigenvalue weighted by atomic mass is 10.0. The first-order valence-electron chi connectivity index (χ1n) is 10.6. The molecule has 0 saturated heterocycles. The molecule has 1 atom stereocenters. The Labute approximate surface area is 156 Å². The topological polar surface area (TPSA) is 29.5 Å². The number of hydrogen-bond donors (Lipinski definition) is 1. The van der Waals surface area contributed by atoms with E-state index in [4.69, 9.17) is 16.3 Å². The van der Waals surface area contributed by atoms with E-state index in [2.05, 4.69) is 6.92 Å². The van der Waals surface area contributed by atoms with E-state index in [1.54, 1.807) is 0 Å². The second-order valence-electron chi connectivity index (χ2n) is 7.19. The van der Waals surface area contributed by atoms with E-state index in [0.717, 1.165) is 13.0 Å². The predicted octanol–water partition coefficient (Wildman–Crippen LogP) is 6.86. The molecule has 24 heavy (non-hydrogen) atoms. The number of rotatable bonds is 20. The summed E-state index contributed by atoms with van der Waals surface area (Å²) in [6.07, 6.45) is 21.7. The molecular weight excluding hydrogens is 320 g/mol. The predicted molar refractivity (Wildman–Crippen MR) is 107 cm³/mol. The van der Waals surface area contributed by atoms with Crippen LogP contribution in [0.1, 0.15) is 110 Å². The maximum absolute atomic E-state index is 9.24. The van der Waals surface area contributed by atoms with Crippen molar-refractivity contribution in [1.29, 1.82) is 0 Å². The molecule has 0 aliphatic rings. The molecule has 0 spiro atoms. The smallest absolute Gasteiger partial charge is 0.0908 e. The summed E-state index contributed by atoms with van der Waals surface area (Å²) >= 11 is 5.50. The van der Waals surface area contributed by atoms with Crippen LogP contribution < -0.4 is 0 Å². The van der Waals surface area contributed by atoms with E-state index >= 15 is 0 Å². The summed E-state index contributed by atoms with van der Waals surface area (Å²) in [6, 6.07) is 0. The van der Waals surface area contributed by atoms with Crippen molar-refractivity contribution >= 4 is 11.6 Å². The summed E-state index contributed by atoms with van der Waals surface area (Å²) in [6.45, 7) is 3.42. The molecule has 0 aromatic rings. The fraction of sp³-hybridized carbons (Fsp3) is 1.00. The van der Waals surface area contributed by atoms with Gasteiger partial charge in [0.1, 0.15) is 0 Å². The number of aliphatic hydroxyl groups excluding tert-OH is 1. The number of hydrogen-bond acceptors (Lipinski definition) is 2. The molecule has 0 aliphatic carbocycles. The van der Waals surface area contributed by atoms with Crippen LogP contribution in [0, 0.1) is 0 Å². The quantitative estimate of drug-likeness (QED) is 0.189. The molecule has 0 heterocycles. The molecule has 1 N–H and O–H groups in total. The van der Waals surface area contributed by atoms with Gasteiger partial charge in [0.15, 0.2) is 0 Å². The summed E-state index contributed by atoms with van der Waals surface area (Å²) in [4.78, 5) is 0. The van der Waals surface area contributed by atoms with Crippen LogP contribution in [0.25, 0.3) is 0 Å². The van der Waals surface area contributed by atoms with Gasteiger partial charge in [0, 0.05) is 6.61 Å². The summed E-state index contributed by atoms with van der Waals surface area (Å²) in [5.74, 6) is 0.263. The Morgan fingerprint density at radius 2 is 1.04 bits per heavy atom. The highest BCUT2D eigenvalue weighted by atomic mass is 35.5. The lowest BCUT2D eigenvalue weighted by Crippen LogP contribution is -2.17. The second-order valence-corrected chi connectivity index (χ2v) is 7.49. The summed E-state index contributed by atoms with van der Waals surface area (Å²) in [7, 11) is 0. The van der Waals surface area contributed by atoms with Crippen molar-refractivity contribution in [3.05, 3.63) is 0 Å². The van der Waals surface area contributed by atoms with Gasteiger partial charge in [-0.3, -0.25) is 0 Å². The number of alkyl halides is 1. The molecule has 0 rings (SSSR count). The molecule has 0 aliphatic heterocycles. The molecule has 2 nitrogen and oxygen atoms in total.